The van der Waals surface area contributed by atoms with Gasteiger partial charge < -0.3 is 4.74 Å². The molecule has 0 N–H and O–H groups in total. The quantitative estimate of drug-likeness (QED) is 0.536. The highest BCUT2D eigenvalue weighted by Gasteiger charge is 2.36. The molecule has 0 radical (unpaired) electrons. The molecule has 1 saturated heterocycles. The normalized spacial score (nSPS) is 36.2. The zero-order valence-electron chi connectivity index (χ0n) is 13.1. The first-order chi connectivity index (χ1) is 9.61. The average Bonchev–Trinajstić information content (AvgIpc) is 2.46. The number of esters is 1. The first-order valence-corrected chi connectivity index (χ1v) is 8.43. The predicted octanol–water partition coefficient (Wildman–Crippen LogP) is 4.74. The Balaban J connectivity index is 1.82. The molecule has 3 atom stereocenters. The van der Waals surface area contributed by atoms with Gasteiger partial charge in [-0.3, -0.25) is 4.79 Å². The van der Waals surface area contributed by atoms with Crippen LogP contribution >= 0.6 is 0 Å². The minimum absolute atomic E-state index is 0.0409. The van der Waals surface area contributed by atoms with Crippen molar-refractivity contribution >= 4 is 5.97 Å². The van der Waals surface area contributed by atoms with Crippen LogP contribution in [0.5, 0.6) is 0 Å². The van der Waals surface area contributed by atoms with Crippen LogP contribution in [-0.2, 0) is 9.53 Å². The van der Waals surface area contributed by atoms with Gasteiger partial charge in [-0.2, -0.15) is 0 Å². The van der Waals surface area contributed by atoms with Crippen LogP contribution in [0, 0.1) is 23.7 Å². The molecule has 0 aromatic rings. The third kappa shape index (κ3) is 3.86. The zero-order valence-corrected chi connectivity index (χ0v) is 13.1. The van der Waals surface area contributed by atoms with Crippen molar-refractivity contribution in [3.8, 4) is 0 Å². The summed E-state index contributed by atoms with van der Waals surface area (Å²) in [4.78, 5) is 12.1. The lowest BCUT2D eigenvalue weighted by Gasteiger charge is -2.38. The molecule has 0 aromatic carbocycles. The van der Waals surface area contributed by atoms with Gasteiger partial charge in [-0.15, -0.1) is 6.58 Å². The van der Waals surface area contributed by atoms with Crippen LogP contribution < -0.4 is 0 Å². The Labute approximate surface area is 124 Å². The van der Waals surface area contributed by atoms with Crippen molar-refractivity contribution in [2.24, 2.45) is 23.7 Å². The molecular formula is C18H30O2. The fourth-order valence-electron chi connectivity index (χ4n) is 3.85. The van der Waals surface area contributed by atoms with Gasteiger partial charge in [-0.25, -0.2) is 0 Å². The highest BCUT2D eigenvalue weighted by atomic mass is 16.5. The smallest absolute Gasteiger partial charge is 0.309 e. The minimum Gasteiger partial charge on any atom is -0.462 e. The van der Waals surface area contributed by atoms with Crippen LogP contribution in [-0.4, -0.2) is 12.1 Å². The molecule has 20 heavy (non-hydrogen) atoms. The number of rotatable bonds is 5. The summed E-state index contributed by atoms with van der Waals surface area (Å²) in [5.41, 5.74) is 0. The van der Waals surface area contributed by atoms with Crippen LogP contribution in [0.4, 0.5) is 0 Å². The van der Waals surface area contributed by atoms with Crippen LogP contribution in [0.1, 0.15) is 65.2 Å². The maximum atomic E-state index is 12.1. The molecule has 2 fully saturated rings. The first-order valence-electron chi connectivity index (χ1n) is 8.43. The van der Waals surface area contributed by atoms with E-state index in [-0.39, 0.29) is 18.0 Å². The van der Waals surface area contributed by atoms with E-state index < -0.39 is 0 Å². The molecule has 114 valence electrons. The summed E-state index contributed by atoms with van der Waals surface area (Å²) in [7, 11) is 0. The Kier molecular flexibility index (Phi) is 5.68. The van der Waals surface area contributed by atoms with E-state index in [1.165, 1.54) is 25.7 Å². The number of allylic oxidation sites excluding steroid dienone is 1. The van der Waals surface area contributed by atoms with E-state index in [9.17, 15) is 4.79 Å². The Morgan fingerprint density at radius 1 is 1.25 bits per heavy atom. The largest absolute Gasteiger partial charge is 0.462 e. The summed E-state index contributed by atoms with van der Waals surface area (Å²) in [6.45, 7) is 8.38. The van der Waals surface area contributed by atoms with Gasteiger partial charge in [0, 0.05) is 0 Å². The van der Waals surface area contributed by atoms with Gasteiger partial charge in [-0.1, -0.05) is 32.8 Å². The zero-order chi connectivity index (χ0) is 14.5. The minimum atomic E-state index is 0.0409. The summed E-state index contributed by atoms with van der Waals surface area (Å²) < 4.78 is 5.76. The van der Waals surface area contributed by atoms with Crippen molar-refractivity contribution in [1.82, 2.24) is 0 Å². The maximum absolute atomic E-state index is 12.1. The number of hydrogen-bond acceptors (Lipinski definition) is 2. The lowest BCUT2D eigenvalue weighted by Crippen LogP contribution is -2.38. The molecule has 0 spiro atoms. The van der Waals surface area contributed by atoms with Gasteiger partial charge in [0.2, 0.25) is 0 Å². The lowest BCUT2D eigenvalue weighted by atomic mass is 9.73. The van der Waals surface area contributed by atoms with Crippen LogP contribution in [0.3, 0.4) is 0 Å². The van der Waals surface area contributed by atoms with Gasteiger partial charge in [0.1, 0.15) is 6.10 Å². The number of carbonyl (C=O) groups is 1. The Morgan fingerprint density at radius 3 is 2.55 bits per heavy atom. The van der Waals surface area contributed by atoms with Crippen molar-refractivity contribution in [1.29, 1.82) is 0 Å². The van der Waals surface area contributed by atoms with Crippen LogP contribution in [0.2, 0.25) is 0 Å². The number of hydrogen-bond donors (Lipinski definition) is 0. The molecule has 1 saturated carbocycles. The van der Waals surface area contributed by atoms with E-state index in [4.69, 9.17) is 4.74 Å². The maximum Gasteiger partial charge on any atom is 0.309 e. The molecule has 2 heteroatoms. The van der Waals surface area contributed by atoms with E-state index in [0.717, 1.165) is 37.5 Å². The monoisotopic (exact) mass is 278 g/mol. The van der Waals surface area contributed by atoms with Crippen molar-refractivity contribution in [3.05, 3.63) is 12.7 Å². The number of carbonyl (C=O) groups excluding carboxylic acids is 1. The summed E-state index contributed by atoms with van der Waals surface area (Å²) in [5, 5.41) is 0. The van der Waals surface area contributed by atoms with E-state index in [1.807, 2.05) is 6.08 Å². The summed E-state index contributed by atoms with van der Waals surface area (Å²) in [6.07, 6.45) is 11.3. The molecule has 2 aliphatic rings. The second-order valence-electron chi connectivity index (χ2n) is 6.99. The highest BCUT2D eigenvalue weighted by Crippen LogP contribution is 2.38. The van der Waals surface area contributed by atoms with Crippen molar-refractivity contribution in [2.45, 2.75) is 71.3 Å². The molecule has 2 rings (SSSR count). The molecule has 0 bridgehead atoms. The highest BCUT2D eigenvalue weighted by molar-refractivity contribution is 5.73. The molecule has 1 heterocycles. The fraction of sp³-hybridized carbons (Fsp3) is 0.833. The standard InChI is InChI=1S/C18H30O2/c1-4-5-6-16-11-12-17(20-18(16)19)14(3)15-9-7-13(2)8-10-15/h4,13-17H,1,5-12H2,2-3H3. The van der Waals surface area contributed by atoms with Crippen molar-refractivity contribution < 1.29 is 9.53 Å². The lowest BCUT2D eigenvalue weighted by molar-refractivity contribution is -0.165. The van der Waals surface area contributed by atoms with Crippen molar-refractivity contribution in [3.63, 3.8) is 0 Å². The molecule has 1 aliphatic carbocycles. The number of ether oxygens (including phenoxy) is 1. The van der Waals surface area contributed by atoms with Gasteiger partial charge >= 0.3 is 5.97 Å². The van der Waals surface area contributed by atoms with Gasteiger partial charge in [-0.05, 0) is 56.3 Å². The average molecular weight is 278 g/mol. The second kappa shape index (κ2) is 7.28. The Morgan fingerprint density at radius 2 is 1.95 bits per heavy atom. The topological polar surface area (TPSA) is 26.3 Å². The second-order valence-corrected chi connectivity index (χ2v) is 6.99. The molecule has 2 nitrogen and oxygen atoms in total. The SMILES string of the molecule is C=CCCC1CCC(C(C)C2CCC(C)CC2)OC1=O. The number of cyclic esters (lactones) is 1. The van der Waals surface area contributed by atoms with E-state index in [0.29, 0.717) is 5.92 Å². The molecule has 1 aliphatic heterocycles. The predicted molar refractivity (Wildman–Crippen MR) is 82.3 cm³/mol. The fourth-order valence-corrected chi connectivity index (χ4v) is 3.85. The molecular weight excluding hydrogens is 248 g/mol. The van der Waals surface area contributed by atoms with Crippen LogP contribution in [0.15, 0.2) is 12.7 Å². The van der Waals surface area contributed by atoms with Gasteiger partial charge in [0.15, 0.2) is 0 Å². The first kappa shape index (κ1) is 15.6. The van der Waals surface area contributed by atoms with Gasteiger partial charge in [0.25, 0.3) is 0 Å². The summed E-state index contributed by atoms with van der Waals surface area (Å²) in [6, 6.07) is 0. The van der Waals surface area contributed by atoms with E-state index in [1.54, 1.807) is 0 Å². The third-order valence-corrected chi connectivity index (χ3v) is 5.51. The third-order valence-electron chi connectivity index (χ3n) is 5.51. The van der Waals surface area contributed by atoms with Crippen molar-refractivity contribution in [2.75, 3.05) is 0 Å². The van der Waals surface area contributed by atoms with Crippen LogP contribution in [0.25, 0.3) is 0 Å². The Bertz CT molecular complexity index is 328. The van der Waals surface area contributed by atoms with E-state index in [2.05, 4.69) is 20.4 Å². The van der Waals surface area contributed by atoms with E-state index >= 15 is 0 Å². The molecule has 0 aromatic heterocycles. The summed E-state index contributed by atoms with van der Waals surface area (Å²) >= 11 is 0. The molecule has 3 unspecified atom stereocenters. The Hall–Kier alpha value is -0.790. The summed E-state index contributed by atoms with van der Waals surface area (Å²) in [5.74, 6) is 2.33. The molecule has 0 amide bonds. The van der Waals surface area contributed by atoms with Gasteiger partial charge in [0.05, 0.1) is 5.92 Å².